The van der Waals surface area contributed by atoms with Gasteiger partial charge in [-0.25, -0.2) is 4.79 Å². The molecular weight excluding hydrogens is 376 g/mol. The van der Waals surface area contributed by atoms with Gasteiger partial charge >= 0.3 is 6.16 Å². The predicted molar refractivity (Wildman–Crippen MR) is 93.3 cm³/mol. The average molecular weight is 395 g/mol. The van der Waals surface area contributed by atoms with Crippen LogP contribution in [0, 0.1) is 13.8 Å². The highest BCUT2D eigenvalue weighted by atomic mass is 79.9. The first-order valence-corrected chi connectivity index (χ1v) is 8.12. The first kappa shape index (κ1) is 18.3. The Kier molecular flexibility index (Phi) is 6.23. The minimum atomic E-state index is -0.821. The Bertz CT molecular complexity index is 742. The maximum atomic E-state index is 11.4. The van der Waals surface area contributed by atoms with Crippen LogP contribution in [0.2, 0.25) is 0 Å². The summed E-state index contributed by atoms with van der Waals surface area (Å²) < 4.78 is 16.4. The van der Waals surface area contributed by atoms with E-state index in [1.54, 1.807) is 18.2 Å². The SMILES string of the molecule is COC(=O)Oc1cccc(CO)c1COc1cc(C)c(C)cc1Br. The Morgan fingerprint density at radius 3 is 2.54 bits per heavy atom. The molecule has 0 aliphatic carbocycles. The summed E-state index contributed by atoms with van der Waals surface area (Å²) in [5.74, 6) is 0.975. The van der Waals surface area contributed by atoms with E-state index in [0.29, 0.717) is 22.6 Å². The topological polar surface area (TPSA) is 65.0 Å². The Hall–Kier alpha value is -2.05. The van der Waals surface area contributed by atoms with E-state index in [1.807, 2.05) is 26.0 Å². The molecule has 0 radical (unpaired) electrons. The lowest BCUT2D eigenvalue weighted by Crippen LogP contribution is -2.11. The summed E-state index contributed by atoms with van der Waals surface area (Å²) in [6, 6.07) is 8.98. The highest BCUT2D eigenvalue weighted by Gasteiger charge is 2.15. The molecule has 0 unspecified atom stereocenters. The van der Waals surface area contributed by atoms with Crippen LogP contribution in [0.4, 0.5) is 4.79 Å². The number of aliphatic hydroxyl groups is 1. The second-order valence-electron chi connectivity index (χ2n) is 5.26. The molecule has 0 aliphatic rings. The molecule has 6 heteroatoms. The fourth-order valence-corrected chi connectivity index (χ4v) is 2.74. The molecule has 2 rings (SSSR count). The highest BCUT2D eigenvalue weighted by molar-refractivity contribution is 9.10. The summed E-state index contributed by atoms with van der Waals surface area (Å²) in [5.41, 5.74) is 3.47. The van der Waals surface area contributed by atoms with E-state index in [4.69, 9.17) is 9.47 Å². The van der Waals surface area contributed by atoms with Gasteiger partial charge in [0.05, 0.1) is 18.2 Å². The second kappa shape index (κ2) is 8.17. The van der Waals surface area contributed by atoms with E-state index in [-0.39, 0.29) is 13.2 Å². The highest BCUT2D eigenvalue weighted by Crippen LogP contribution is 2.31. The van der Waals surface area contributed by atoms with Gasteiger partial charge in [-0.3, -0.25) is 0 Å². The maximum Gasteiger partial charge on any atom is 0.513 e. The molecule has 0 aromatic heterocycles. The molecule has 0 amide bonds. The van der Waals surface area contributed by atoms with Gasteiger partial charge in [0.25, 0.3) is 0 Å². The van der Waals surface area contributed by atoms with Crippen LogP contribution in [-0.4, -0.2) is 18.4 Å². The third-order valence-corrected chi connectivity index (χ3v) is 4.30. The van der Waals surface area contributed by atoms with Crippen molar-refractivity contribution in [2.75, 3.05) is 7.11 Å². The molecule has 5 nitrogen and oxygen atoms in total. The number of rotatable bonds is 5. The minimum absolute atomic E-state index is 0.143. The molecule has 0 atom stereocenters. The number of methoxy groups -OCH3 is 1. The van der Waals surface area contributed by atoms with Crippen molar-refractivity contribution < 1.29 is 24.1 Å². The second-order valence-corrected chi connectivity index (χ2v) is 6.12. The summed E-state index contributed by atoms with van der Waals surface area (Å²) in [5, 5.41) is 9.53. The third-order valence-electron chi connectivity index (χ3n) is 3.68. The normalized spacial score (nSPS) is 10.4. The molecule has 0 bridgehead atoms. The number of benzene rings is 2. The number of aliphatic hydroxyl groups excluding tert-OH is 1. The number of ether oxygens (including phenoxy) is 3. The van der Waals surface area contributed by atoms with Crippen LogP contribution in [0.25, 0.3) is 0 Å². The van der Waals surface area contributed by atoms with Crippen molar-refractivity contribution in [3.8, 4) is 11.5 Å². The number of hydrogen-bond donors (Lipinski definition) is 1. The molecule has 0 saturated heterocycles. The lowest BCUT2D eigenvalue weighted by atomic mass is 10.1. The van der Waals surface area contributed by atoms with Gasteiger partial charge in [0.2, 0.25) is 0 Å². The minimum Gasteiger partial charge on any atom is -0.488 e. The molecule has 128 valence electrons. The molecule has 1 N–H and O–H groups in total. The van der Waals surface area contributed by atoms with Crippen LogP contribution in [0.5, 0.6) is 11.5 Å². The maximum absolute atomic E-state index is 11.4. The van der Waals surface area contributed by atoms with Crippen LogP contribution < -0.4 is 9.47 Å². The standard InChI is InChI=1S/C18H19BrO5/c1-11-7-15(19)17(8-12(11)2)23-10-14-13(9-20)5-4-6-16(14)24-18(21)22-3/h4-8,20H,9-10H2,1-3H3. The van der Waals surface area contributed by atoms with Gasteiger partial charge in [0, 0.05) is 5.56 Å². The molecule has 0 spiro atoms. The zero-order chi connectivity index (χ0) is 17.7. The van der Waals surface area contributed by atoms with Gasteiger partial charge in [-0.1, -0.05) is 12.1 Å². The van der Waals surface area contributed by atoms with E-state index in [2.05, 4.69) is 20.7 Å². The zero-order valence-corrected chi connectivity index (χ0v) is 15.3. The Morgan fingerprint density at radius 1 is 1.17 bits per heavy atom. The molecule has 0 aliphatic heterocycles. The molecule has 2 aromatic carbocycles. The summed E-state index contributed by atoms with van der Waals surface area (Å²) >= 11 is 3.48. The van der Waals surface area contributed by atoms with Crippen LogP contribution in [0.3, 0.4) is 0 Å². The van der Waals surface area contributed by atoms with Crippen LogP contribution in [0.1, 0.15) is 22.3 Å². The van der Waals surface area contributed by atoms with Crippen molar-refractivity contribution in [1.82, 2.24) is 0 Å². The quantitative estimate of drug-likeness (QED) is 0.605. The van der Waals surface area contributed by atoms with Gasteiger partial charge in [-0.05, 0) is 64.7 Å². The van der Waals surface area contributed by atoms with E-state index in [9.17, 15) is 9.90 Å². The zero-order valence-electron chi connectivity index (χ0n) is 13.8. The van der Waals surface area contributed by atoms with Gasteiger partial charge in [-0.2, -0.15) is 0 Å². The van der Waals surface area contributed by atoms with Crippen molar-refractivity contribution in [3.63, 3.8) is 0 Å². The lowest BCUT2D eigenvalue weighted by molar-refractivity contribution is 0.120. The molecular formula is C18H19BrO5. The van der Waals surface area contributed by atoms with Gasteiger partial charge in [0.15, 0.2) is 0 Å². The molecule has 0 saturated carbocycles. The van der Waals surface area contributed by atoms with Crippen molar-refractivity contribution >= 4 is 22.1 Å². The van der Waals surface area contributed by atoms with Gasteiger partial charge in [0.1, 0.15) is 18.1 Å². The smallest absolute Gasteiger partial charge is 0.488 e. The van der Waals surface area contributed by atoms with E-state index in [0.717, 1.165) is 15.6 Å². The lowest BCUT2D eigenvalue weighted by Gasteiger charge is -2.15. The number of hydrogen-bond acceptors (Lipinski definition) is 5. The summed E-state index contributed by atoms with van der Waals surface area (Å²) in [6.45, 7) is 3.98. The summed E-state index contributed by atoms with van der Waals surface area (Å²) in [6.07, 6.45) is -0.821. The van der Waals surface area contributed by atoms with Crippen molar-refractivity contribution in [2.45, 2.75) is 27.1 Å². The number of carbonyl (C=O) groups is 1. The van der Waals surface area contributed by atoms with Crippen LogP contribution in [0.15, 0.2) is 34.8 Å². The third kappa shape index (κ3) is 4.27. The Morgan fingerprint density at radius 2 is 1.88 bits per heavy atom. The van der Waals surface area contributed by atoms with Crippen molar-refractivity contribution in [3.05, 3.63) is 57.1 Å². The molecule has 24 heavy (non-hydrogen) atoms. The fraction of sp³-hybridized carbons (Fsp3) is 0.278. The van der Waals surface area contributed by atoms with Crippen LogP contribution in [-0.2, 0) is 18.0 Å². The largest absolute Gasteiger partial charge is 0.513 e. The molecule has 0 heterocycles. The molecule has 0 fully saturated rings. The summed E-state index contributed by atoms with van der Waals surface area (Å²) in [7, 11) is 1.24. The predicted octanol–water partition coefficient (Wildman–Crippen LogP) is 4.28. The van der Waals surface area contributed by atoms with E-state index < -0.39 is 6.16 Å². The van der Waals surface area contributed by atoms with Crippen molar-refractivity contribution in [1.29, 1.82) is 0 Å². The number of aryl methyl sites for hydroxylation is 2. The number of halogens is 1. The molecule has 2 aromatic rings. The van der Waals surface area contributed by atoms with E-state index >= 15 is 0 Å². The van der Waals surface area contributed by atoms with Gasteiger partial charge < -0.3 is 19.3 Å². The van der Waals surface area contributed by atoms with Crippen molar-refractivity contribution in [2.24, 2.45) is 0 Å². The van der Waals surface area contributed by atoms with Gasteiger partial charge in [-0.15, -0.1) is 0 Å². The van der Waals surface area contributed by atoms with Crippen LogP contribution >= 0.6 is 15.9 Å². The average Bonchev–Trinajstić information content (AvgIpc) is 2.57. The first-order chi connectivity index (χ1) is 11.5. The first-order valence-electron chi connectivity index (χ1n) is 7.33. The Labute approximate surface area is 149 Å². The summed E-state index contributed by atoms with van der Waals surface area (Å²) in [4.78, 5) is 11.4. The monoisotopic (exact) mass is 394 g/mol. The van der Waals surface area contributed by atoms with E-state index in [1.165, 1.54) is 7.11 Å². The number of carbonyl (C=O) groups excluding carboxylic acids is 1. The Balaban J connectivity index is 2.28. The fourth-order valence-electron chi connectivity index (χ4n) is 2.17.